The molecule has 0 aliphatic heterocycles. The molecule has 0 saturated heterocycles. The van der Waals surface area contributed by atoms with Gasteiger partial charge in [-0.15, -0.1) is 0 Å². The molecule has 110 valence electrons. The summed E-state index contributed by atoms with van der Waals surface area (Å²) in [5.41, 5.74) is 6.73. The number of hydrogen-bond acceptors (Lipinski definition) is 2. The minimum absolute atomic E-state index is 0.0155. The van der Waals surface area contributed by atoms with E-state index < -0.39 is 0 Å². The lowest BCUT2D eigenvalue weighted by Crippen LogP contribution is -2.33. The molecule has 2 nitrogen and oxygen atoms in total. The summed E-state index contributed by atoms with van der Waals surface area (Å²) in [6, 6.07) is 4.98. The first kappa shape index (κ1) is 14.3. The number of nitrogens with one attached hydrogen (secondary N) is 1. The topological polar surface area (TPSA) is 38.0 Å². The Labute approximate surface area is 124 Å². The van der Waals surface area contributed by atoms with Crippen LogP contribution in [0.2, 0.25) is 5.02 Å². The first-order valence-corrected chi connectivity index (χ1v) is 7.95. The van der Waals surface area contributed by atoms with Crippen molar-refractivity contribution in [3.8, 4) is 0 Å². The molecule has 2 fully saturated rings. The van der Waals surface area contributed by atoms with E-state index >= 15 is 0 Å². The van der Waals surface area contributed by atoms with Crippen molar-refractivity contribution in [1.29, 1.82) is 0 Å². The molecule has 0 aromatic heterocycles. The Bertz CT molecular complexity index is 460. The van der Waals surface area contributed by atoms with Crippen molar-refractivity contribution in [3.63, 3.8) is 0 Å². The number of halogens is 2. The molecule has 0 heterocycles. The molecule has 2 saturated carbocycles. The molecule has 1 aromatic rings. The number of benzene rings is 1. The minimum atomic E-state index is -0.370. The van der Waals surface area contributed by atoms with E-state index in [2.05, 4.69) is 5.32 Å². The summed E-state index contributed by atoms with van der Waals surface area (Å²) in [6.07, 6.45) is 5.52. The Kier molecular flexibility index (Phi) is 4.29. The average Bonchev–Trinajstić information content (AvgIpc) is 3.31. The summed E-state index contributed by atoms with van der Waals surface area (Å²) in [4.78, 5) is 0. The van der Waals surface area contributed by atoms with Gasteiger partial charge in [0.15, 0.2) is 0 Å². The Hall–Kier alpha value is -0.640. The number of rotatable bonds is 7. The Balaban J connectivity index is 1.62. The molecule has 0 amide bonds. The molecule has 1 aromatic carbocycles. The van der Waals surface area contributed by atoms with Crippen LogP contribution < -0.4 is 11.1 Å². The predicted octanol–water partition coefficient (Wildman–Crippen LogP) is 3.50. The van der Waals surface area contributed by atoms with Gasteiger partial charge in [0, 0.05) is 12.6 Å². The summed E-state index contributed by atoms with van der Waals surface area (Å²) in [6.45, 7) is 1.48. The number of nitrogens with two attached hydrogens (primary N) is 1. The van der Waals surface area contributed by atoms with E-state index in [0.717, 1.165) is 29.9 Å². The van der Waals surface area contributed by atoms with Crippen LogP contribution in [0.5, 0.6) is 0 Å². The molecule has 3 N–H and O–H groups in total. The molecule has 1 unspecified atom stereocenters. The van der Waals surface area contributed by atoms with E-state index in [4.69, 9.17) is 17.3 Å². The summed E-state index contributed by atoms with van der Waals surface area (Å²) in [7, 11) is 0. The van der Waals surface area contributed by atoms with Crippen molar-refractivity contribution in [2.75, 3.05) is 13.1 Å². The fraction of sp³-hybridized carbons (Fsp3) is 0.625. The van der Waals surface area contributed by atoms with Gasteiger partial charge in [0.1, 0.15) is 5.82 Å². The van der Waals surface area contributed by atoms with Gasteiger partial charge in [-0.2, -0.15) is 0 Å². The molecule has 0 spiro atoms. The Morgan fingerprint density at radius 1 is 1.25 bits per heavy atom. The van der Waals surface area contributed by atoms with Crippen LogP contribution in [0.3, 0.4) is 0 Å². The lowest BCUT2D eigenvalue weighted by Gasteiger charge is -2.22. The van der Waals surface area contributed by atoms with Crippen LogP contribution in [0, 0.1) is 23.6 Å². The SMILES string of the molecule is NCC(NCC(C1CC1)C1CC1)c1ccc(Cl)c(F)c1. The molecule has 4 heteroatoms. The van der Waals surface area contributed by atoms with Gasteiger partial charge in [-0.05, 0) is 67.7 Å². The van der Waals surface area contributed by atoms with E-state index in [1.165, 1.54) is 31.7 Å². The van der Waals surface area contributed by atoms with Crippen LogP contribution in [-0.4, -0.2) is 13.1 Å². The molecule has 1 atom stereocenters. The molecule has 2 aliphatic carbocycles. The van der Waals surface area contributed by atoms with Crippen molar-refractivity contribution >= 4 is 11.6 Å². The standard InChI is InChI=1S/C16H22ClFN2/c17-14-6-5-12(7-15(14)18)16(8-19)20-9-13(10-1-2-10)11-3-4-11/h5-7,10-11,13,16,20H,1-4,8-9,19H2. The Morgan fingerprint density at radius 3 is 2.40 bits per heavy atom. The zero-order valence-corrected chi connectivity index (χ0v) is 12.4. The summed E-state index contributed by atoms with van der Waals surface area (Å²) in [5.74, 6) is 2.25. The molecule has 2 aliphatic rings. The van der Waals surface area contributed by atoms with Gasteiger partial charge in [0.05, 0.1) is 5.02 Å². The fourth-order valence-corrected chi connectivity index (χ4v) is 3.23. The average molecular weight is 297 g/mol. The van der Waals surface area contributed by atoms with Crippen molar-refractivity contribution in [2.45, 2.75) is 31.7 Å². The van der Waals surface area contributed by atoms with Crippen molar-refractivity contribution in [2.24, 2.45) is 23.5 Å². The molecule has 0 bridgehead atoms. The quantitative estimate of drug-likeness (QED) is 0.808. The smallest absolute Gasteiger partial charge is 0.142 e. The van der Waals surface area contributed by atoms with E-state index in [1.807, 2.05) is 6.07 Å². The van der Waals surface area contributed by atoms with Crippen LogP contribution in [0.25, 0.3) is 0 Å². The van der Waals surface area contributed by atoms with Crippen LogP contribution >= 0.6 is 11.6 Å². The highest BCUT2D eigenvalue weighted by Gasteiger charge is 2.41. The van der Waals surface area contributed by atoms with Gasteiger partial charge in [-0.3, -0.25) is 0 Å². The molecule has 20 heavy (non-hydrogen) atoms. The zero-order valence-electron chi connectivity index (χ0n) is 11.6. The van der Waals surface area contributed by atoms with Gasteiger partial charge in [-0.1, -0.05) is 17.7 Å². The lowest BCUT2D eigenvalue weighted by molar-refractivity contribution is 0.357. The van der Waals surface area contributed by atoms with Gasteiger partial charge < -0.3 is 11.1 Å². The lowest BCUT2D eigenvalue weighted by atomic mass is 9.97. The maximum absolute atomic E-state index is 13.6. The summed E-state index contributed by atoms with van der Waals surface area (Å²) < 4.78 is 13.6. The molecule has 3 rings (SSSR count). The van der Waals surface area contributed by atoms with E-state index in [1.54, 1.807) is 6.07 Å². The third-order valence-corrected chi connectivity index (χ3v) is 4.94. The third-order valence-electron chi connectivity index (χ3n) is 4.64. The predicted molar refractivity (Wildman–Crippen MR) is 80.1 cm³/mol. The van der Waals surface area contributed by atoms with Crippen LogP contribution in [0.1, 0.15) is 37.3 Å². The number of hydrogen-bond donors (Lipinski definition) is 2. The van der Waals surface area contributed by atoms with Gasteiger partial charge >= 0.3 is 0 Å². The highest BCUT2D eigenvalue weighted by molar-refractivity contribution is 6.30. The monoisotopic (exact) mass is 296 g/mol. The zero-order chi connectivity index (χ0) is 14.1. The van der Waals surface area contributed by atoms with E-state index in [-0.39, 0.29) is 16.9 Å². The molecule has 0 radical (unpaired) electrons. The second-order valence-corrected chi connectivity index (χ2v) is 6.62. The van der Waals surface area contributed by atoms with Crippen molar-refractivity contribution in [1.82, 2.24) is 5.32 Å². The first-order valence-electron chi connectivity index (χ1n) is 7.57. The van der Waals surface area contributed by atoms with Crippen LogP contribution in [0.15, 0.2) is 18.2 Å². The fourth-order valence-electron chi connectivity index (χ4n) is 3.11. The maximum Gasteiger partial charge on any atom is 0.142 e. The minimum Gasteiger partial charge on any atom is -0.329 e. The van der Waals surface area contributed by atoms with Crippen LogP contribution in [0.4, 0.5) is 4.39 Å². The van der Waals surface area contributed by atoms with Crippen molar-refractivity contribution in [3.05, 3.63) is 34.6 Å². The third kappa shape index (κ3) is 3.33. The summed E-state index contributed by atoms with van der Waals surface area (Å²) >= 11 is 5.73. The van der Waals surface area contributed by atoms with Crippen LogP contribution in [-0.2, 0) is 0 Å². The van der Waals surface area contributed by atoms with E-state index in [9.17, 15) is 4.39 Å². The first-order chi connectivity index (χ1) is 9.69. The van der Waals surface area contributed by atoms with Crippen molar-refractivity contribution < 1.29 is 4.39 Å². The normalized spacial score (nSPS) is 20.4. The highest BCUT2D eigenvalue weighted by atomic mass is 35.5. The largest absolute Gasteiger partial charge is 0.329 e. The second kappa shape index (κ2) is 6.00. The molecular formula is C16H22ClFN2. The van der Waals surface area contributed by atoms with Gasteiger partial charge in [0.25, 0.3) is 0 Å². The van der Waals surface area contributed by atoms with Gasteiger partial charge in [0.2, 0.25) is 0 Å². The second-order valence-electron chi connectivity index (χ2n) is 6.21. The summed E-state index contributed by atoms with van der Waals surface area (Å²) in [5, 5.41) is 3.71. The van der Waals surface area contributed by atoms with E-state index in [0.29, 0.717) is 6.54 Å². The maximum atomic E-state index is 13.6. The van der Waals surface area contributed by atoms with Gasteiger partial charge in [-0.25, -0.2) is 4.39 Å². The molecular weight excluding hydrogens is 275 g/mol. The highest BCUT2D eigenvalue weighted by Crippen LogP contribution is 2.49. The Morgan fingerprint density at radius 2 is 1.90 bits per heavy atom.